The molecule has 1 atom stereocenters. The van der Waals surface area contributed by atoms with Crippen LogP contribution in [0.5, 0.6) is 11.5 Å². The lowest BCUT2D eigenvalue weighted by Gasteiger charge is -2.30. The monoisotopic (exact) mass is 501 g/mol. The maximum atomic E-state index is 13.5. The standard InChI is InChI=1S/C22H25Cl2NO6S/c1-29-18-5-4-6-19(30-2)20(18)21(26)25-11-9-22(14-25,10-12-31-32(3,27)28)15-7-8-16(23)17(24)13-15/h4-8,13H,9-12,14H2,1-3H3. The molecule has 3 rings (SSSR count). The van der Waals surface area contributed by atoms with E-state index in [-0.39, 0.29) is 12.5 Å². The maximum Gasteiger partial charge on any atom is 0.264 e. The molecule has 10 heteroatoms. The molecule has 0 bridgehead atoms. The van der Waals surface area contributed by atoms with Gasteiger partial charge >= 0.3 is 0 Å². The fourth-order valence-electron chi connectivity index (χ4n) is 4.06. The molecule has 1 heterocycles. The first-order valence-electron chi connectivity index (χ1n) is 9.90. The topological polar surface area (TPSA) is 82.1 Å². The predicted octanol–water partition coefficient (Wildman–Crippen LogP) is 4.16. The van der Waals surface area contributed by atoms with Crippen LogP contribution in [-0.4, -0.2) is 59.4 Å². The number of benzene rings is 2. The number of rotatable bonds is 8. The number of amides is 1. The summed E-state index contributed by atoms with van der Waals surface area (Å²) in [6.45, 7) is 0.788. The van der Waals surface area contributed by atoms with E-state index >= 15 is 0 Å². The first-order valence-corrected chi connectivity index (χ1v) is 12.5. The van der Waals surface area contributed by atoms with Crippen molar-refractivity contribution in [2.45, 2.75) is 18.3 Å². The third-order valence-electron chi connectivity index (χ3n) is 5.69. The van der Waals surface area contributed by atoms with Gasteiger partial charge in [-0.1, -0.05) is 35.3 Å². The molecule has 0 saturated carbocycles. The van der Waals surface area contributed by atoms with Gasteiger partial charge in [0, 0.05) is 18.5 Å². The van der Waals surface area contributed by atoms with Gasteiger partial charge in [-0.05, 0) is 42.7 Å². The third-order valence-corrected chi connectivity index (χ3v) is 7.03. The molecule has 1 aliphatic heterocycles. The van der Waals surface area contributed by atoms with Crippen LogP contribution >= 0.6 is 23.2 Å². The second-order valence-electron chi connectivity index (χ2n) is 7.70. The van der Waals surface area contributed by atoms with Crippen LogP contribution in [-0.2, 0) is 19.7 Å². The molecule has 1 fully saturated rings. The molecule has 7 nitrogen and oxygen atoms in total. The molecule has 1 amide bonds. The Morgan fingerprint density at radius 1 is 1.09 bits per heavy atom. The number of nitrogens with zero attached hydrogens (tertiary/aromatic N) is 1. The van der Waals surface area contributed by atoms with Crippen molar-refractivity contribution in [1.29, 1.82) is 0 Å². The molecule has 0 spiro atoms. The van der Waals surface area contributed by atoms with Crippen molar-refractivity contribution >= 4 is 39.2 Å². The van der Waals surface area contributed by atoms with E-state index in [0.717, 1.165) is 11.8 Å². The Bertz CT molecular complexity index is 1090. The minimum Gasteiger partial charge on any atom is -0.496 e. The van der Waals surface area contributed by atoms with Crippen LogP contribution in [0.1, 0.15) is 28.8 Å². The van der Waals surface area contributed by atoms with Crippen molar-refractivity contribution in [3.8, 4) is 11.5 Å². The number of hydrogen-bond acceptors (Lipinski definition) is 6. The number of ether oxygens (including phenoxy) is 2. The molecule has 1 aliphatic rings. The van der Waals surface area contributed by atoms with Crippen LogP contribution in [0.3, 0.4) is 0 Å². The van der Waals surface area contributed by atoms with Crippen molar-refractivity contribution in [3.05, 3.63) is 57.6 Å². The number of likely N-dealkylation sites (tertiary alicyclic amines) is 1. The van der Waals surface area contributed by atoms with E-state index in [0.29, 0.717) is 53.0 Å². The van der Waals surface area contributed by atoms with Crippen molar-refractivity contribution < 1.29 is 26.9 Å². The Labute approximate surface area is 198 Å². The van der Waals surface area contributed by atoms with Crippen LogP contribution in [0.15, 0.2) is 36.4 Å². The van der Waals surface area contributed by atoms with E-state index in [2.05, 4.69) is 0 Å². The predicted molar refractivity (Wildman–Crippen MR) is 124 cm³/mol. The Morgan fingerprint density at radius 3 is 2.31 bits per heavy atom. The van der Waals surface area contributed by atoms with Gasteiger partial charge in [0.05, 0.1) is 37.1 Å². The van der Waals surface area contributed by atoms with Gasteiger partial charge in [0.25, 0.3) is 16.0 Å². The summed E-state index contributed by atoms with van der Waals surface area (Å²) in [6.07, 6.45) is 1.99. The first kappa shape index (κ1) is 24.6. The van der Waals surface area contributed by atoms with Crippen LogP contribution in [0.25, 0.3) is 0 Å². The highest BCUT2D eigenvalue weighted by Crippen LogP contribution is 2.41. The van der Waals surface area contributed by atoms with Gasteiger partial charge in [-0.3, -0.25) is 8.98 Å². The van der Waals surface area contributed by atoms with E-state index in [1.165, 1.54) is 14.2 Å². The highest BCUT2D eigenvalue weighted by molar-refractivity contribution is 7.85. The molecule has 0 N–H and O–H groups in total. The zero-order chi connectivity index (χ0) is 23.5. The zero-order valence-corrected chi connectivity index (χ0v) is 20.4. The quantitative estimate of drug-likeness (QED) is 0.505. The van der Waals surface area contributed by atoms with Crippen molar-refractivity contribution in [2.24, 2.45) is 0 Å². The molecular formula is C22H25Cl2NO6S. The van der Waals surface area contributed by atoms with Crippen LogP contribution in [0.4, 0.5) is 0 Å². The summed E-state index contributed by atoms with van der Waals surface area (Å²) in [5, 5.41) is 0.811. The fraction of sp³-hybridized carbons (Fsp3) is 0.409. The Morgan fingerprint density at radius 2 is 1.75 bits per heavy atom. The lowest BCUT2D eigenvalue weighted by atomic mass is 9.77. The Balaban J connectivity index is 1.94. The van der Waals surface area contributed by atoms with Crippen LogP contribution in [0.2, 0.25) is 10.0 Å². The van der Waals surface area contributed by atoms with E-state index in [1.54, 1.807) is 35.2 Å². The van der Waals surface area contributed by atoms with Gasteiger partial charge in [0.1, 0.15) is 17.1 Å². The lowest BCUT2D eigenvalue weighted by Crippen LogP contribution is -2.36. The molecule has 32 heavy (non-hydrogen) atoms. The summed E-state index contributed by atoms with van der Waals surface area (Å²) in [7, 11) is -0.595. The van der Waals surface area contributed by atoms with E-state index < -0.39 is 15.5 Å². The second-order valence-corrected chi connectivity index (χ2v) is 10.2. The smallest absolute Gasteiger partial charge is 0.264 e. The van der Waals surface area contributed by atoms with Crippen LogP contribution < -0.4 is 9.47 Å². The van der Waals surface area contributed by atoms with E-state index in [4.69, 9.17) is 36.9 Å². The number of carbonyl (C=O) groups excluding carboxylic acids is 1. The second kappa shape index (κ2) is 9.87. The molecular weight excluding hydrogens is 477 g/mol. The highest BCUT2D eigenvalue weighted by Gasteiger charge is 2.42. The van der Waals surface area contributed by atoms with Gasteiger partial charge in [0.2, 0.25) is 0 Å². The van der Waals surface area contributed by atoms with Crippen molar-refractivity contribution in [2.75, 3.05) is 40.2 Å². The van der Waals surface area contributed by atoms with Gasteiger partial charge in [-0.15, -0.1) is 0 Å². The maximum absolute atomic E-state index is 13.5. The van der Waals surface area contributed by atoms with Crippen molar-refractivity contribution in [1.82, 2.24) is 4.90 Å². The summed E-state index contributed by atoms with van der Waals surface area (Å²) in [4.78, 5) is 15.2. The first-order chi connectivity index (χ1) is 15.1. The van der Waals surface area contributed by atoms with E-state index in [1.807, 2.05) is 6.07 Å². The normalized spacial score (nSPS) is 18.6. The summed E-state index contributed by atoms with van der Waals surface area (Å²) >= 11 is 12.4. The van der Waals surface area contributed by atoms with Gasteiger partial charge in [-0.25, -0.2) is 0 Å². The van der Waals surface area contributed by atoms with Crippen molar-refractivity contribution in [3.63, 3.8) is 0 Å². The minimum absolute atomic E-state index is 0.0148. The average Bonchev–Trinajstić information content (AvgIpc) is 3.19. The fourth-order valence-corrected chi connectivity index (χ4v) is 4.75. The lowest BCUT2D eigenvalue weighted by molar-refractivity contribution is 0.0773. The Hall–Kier alpha value is -2.00. The van der Waals surface area contributed by atoms with Gasteiger partial charge in [0.15, 0.2) is 0 Å². The molecule has 174 valence electrons. The summed E-state index contributed by atoms with van der Waals surface area (Å²) in [5.41, 5.74) is 0.658. The SMILES string of the molecule is COc1cccc(OC)c1C(=O)N1CCC(CCOS(C)(=O)=O)(c2ccc(Cl)c(Cl)c2)C1. The number of hydrogen-bond donors (Lipinski definition) is 0. The minimum atomic E-state index is -3.59. The van der Waals surface area contributed by atoms with Crippen LogP contribution in [0, 0.1) is 0 Å². The molecule has 2 aromatic carbocycles. The molecule has 1 unspecified atom stereocenters. The molecule has 1 saturated heterocycles. The third kappa shape index (κ3) is 5.31. The summed E-state index contributed by atoms with van der Waals surface area (Å²) in [5.74, 6) is 0.605. The summed E-state index contributed by atoms with van der Waals surface area (Å²) in [6, 6.07) is 10.5. The average molecular weight is 502 g/mol. The molecule has 2 aromatic rings. The largest absolute Gasteiger partial charge is 0.496 e. The van der Waals surface area contributed by atoms with Gasteiger partial charge in [-0.2, -0.15) is 8.42 Å². The number of carbonyl (C=O) groups is 1. The van der Waals surface area contributed by atoms with Gasteiger partial charge < -0.3 is 14.4 Å². The highest BCUT2D eigenvalue weighted by atomic mass is 35.5. The van der Waals surface area contributed by atoms with E-state index in [9.17, 15) is 13.2 Å². The Kier molecular flexibility index (Phi) is 7.60. The molecule has 0 radical (unpaired) electrons. The molecule has 0 aliphatic carbocycles. The summed E-state index contributed by atoms with van der Waals surface area (Å²) < 4.78 is 38.8. The molecule has 0 aromatic heterocycles. The number of methoxy groups -OCH3 is 2. The zero-order valence-electron chi connectivity index (χ0n) is 18.1. The number of halogens is 2.